The quantitative estimate of drug-likeness (QED) is 0.771. The summed E-state index contributed by atoms with van der Waals surface area (Å²) < 4.78 is 5.98. The van der Waals surface area contributed by atoms with Gasteiger partial charge in [0.2, 0.25) is 0 Å². The van der Waals surface area contributed by atoms with Crippen molar-refractivity contribution in [2.45, 2.75) is 0 Å². The van der Waals surface area contributed by atoms with Crippen molar-refractivity contribution in [3.05, 3.63) is 22.4 Å². The van der Waals surface area contributed by atoms with Gasteiger partial charge in [0.05, 0.1) is 36.1 Å². The first-order valence-corrected chi connectivity index (χ1v) is 5.95. The van der Waals surface area contributed by atoms with Crippen LogP contribution in [0.5, 0.6) is 0 Å². The van der Waals surface area contributed by atoms with Crippen molar-refractivity contribution in [3.8, 4) is 0 Å². The van der Waals surface area contributed by atoms with E-state index in [1.807, 2.05) is 0 Å². The van der Waals surface area contributed by atoms with Gasteiger partial charge in [0, 0.05) is 23.8 Å². The minimum atomic E-state index is 0.350. The van der Waals surface area contributed by atoms with Gasteiger partial charge in [-0.3, -0.25) is 9.78 Å². The van der Waals surface area contributed by atoms with E-state index in [1.165, 1.54) is 0 Å². The zero-order valence-corrected chi connectivity index (χ0v) is 10.2. The molecule has 0 aliphatic carbocycles. The van der Waals surface area contributed by atoms with Gasteiger partial charge in [-0.2, -0.15) is 0 Å². The molecule has 0 radical (unpaired) electrons. The third kappa shape index (κ3) is 1.38. The summed E-state index contributed by atoms with van der Waals surface area (Å²) in [5.74, 6) is 0. The number of hydrogen-bond acceptors (Lipinski definition) is 4. The van der Waals surface area contributed by atoms with Crippen molar-refractivity contribution >= 4 is 27.9 Å². The van der Waals surface area contributed by atoms with Gasteiger partial charge in [0.1, 0.15) is 0 Å². The molecule has 2 saturated heterocycles. The smallest absolute Gasteiger partial charge is 0.153 e. The third-order valence-corrected chi connectivity index (χ3v) is 3.88. The van der Waals surface area contributed by atoms with E-state index >= 15 is 0 Å². The SMILES string of the molecule is O=Cc1c(Br)cncc1N1CC2(COC2)C1. The number of rotatable bonds is 2. The Labute approximate surface area is 102 Å². The molecule has 0 bridgehead atoms. The van der Waals surface area contributed by atoms with Gasteiger partial charge < -0.3 is 9.64 Å². The number of carbonyl (C=O) groups is 1. The zero-order valence-electron chi connectivity index (χ0n) is 8.65. The van der Waals surface area contributed by atoms with Crippen LogP contribution >= 0.6 is 15.9 Å². The van der Waals surface area contributed by atoms with Gasteiger partial charge in [0.25, 0.3) is 0 Å². The summed E-state index contributed by atoms with van der Waals surface area (Å²) >= 11 is 3.34. The average Bonchev–Trinajstić information content (AvgIpc) is 2.13. The van der Waals surface area contributed by atoms with E-state index in [4.69, 9.17) is 4.74 Å². The molecule has 84 valence electrons. The lowest BCUT2D eigenvalue weighted by molar-refractivity contribution is -0.127. The Bertz CT molecular complexity index is 438. The number of carbonyl (C=O) groups excluding carboxylic acids is 1. The molecule has 1 spiro atoms. The van der Waals surface area contributed by atoms with Crippen LogP contribution in [0.3, 0.4) is 0 Å². The highest BCUT2D eigenvalue weighted by Crippen LogP contribution is 2.41. The fourth-order valence-corrected chi connectivity index (χ4v) is 2.73. The van der Waals surface area contributed by atoms with Gasteiger partial charge in [-0.15, -0.1) is 0 Å². The van der Waals surface area contributed by atoms with Crippen LogP contribution in [0.15, 0.2) is 16.9 Å². The second-order valence-corrected chi connectivity index (χ2v) is 5.38. The summed E-state index contributed by atoms with van der Waals surface area (Å²) in [6.07, 6.45) is 4.28. The molecule has 0 aromatic carbocycles. The van der Waals surface area contributed by atoms with Crippen LogP contribution in [0.25, 0.3) is 0 Å². The van der Waals surface area contributed by atoms with Crippen LogP contribution in [0, 0.1) is 5.41 Å². The first kappa shape index (κ1) is 10.2. The summed E-state index contributed by atoms with van der Waals surface area (Å²) in [6, 6.07) is 0. The number of ether oxygens (including phenoxy) is 1. The molecule has 2 aliphatic heterocycles. The van der Waals surface area contributed by atoms with Crippen molar-refractivity contribution in [2.24, 2.45) is 5.41 Å². The summed E-state index contributed by atoms with van der Waals surface area (Å²) in [5, 5.41) is 0. The number of aromatic nitrogens is 1. The third-order valence-electron chi connectivity index (χ3n) is 3.25. The Morgan fingerprint density at radius 1 is 1.44 bits per heavy atom. The molecule has 5 heteroatoms. The number of anilines is 1. The summed E-state index contributed by atoms with van der Waals surface area (Å²) in [6.45, 7) is 3.63. The highest BCUT2D eigenvalue weighted by atomic mass is 79.9. The van der Waals surface area contributed by atoms with E-state index in [1.54, 1.807) is 12.4 Å². The summed E-state index contributed by atoms with van der Waals surface area (Å²) in [4.78, 5) is 17.3. The van der Waals surface area contributed by atoms with Crippen molar-refractivity contribution in [3.63, 3.8) is 0 Å². The van der Waals surface area contributed by atoms with Crippen LogP contribution < -0.4 is 4.90 Å². The Morgan fingerprint density at radius 3 is 2.75 bits per heavy atom. The van der Waals surface area contributed by atoms with Crippen molar-refractivity contribution in [1.82, 2.24) is 4.98 Å². The summed E-state index contributed by atoms with van der Waals surface area (Å²) in [7, 11) is 0. The lowest BCUT2D eigenvalue weighted by Gasteiger charge is -2.56. The lowest BCUT2D eigenvalue weighted by Crippen LogP contribution is -2.66. The molecule has 0 atom stereocenters. The number of aldehydes is 1. The van der Waals surface area contributed by atoms with Crippen molar-refractivity contribution < 1.29 is 9.53 Å². The summed E-state index contributed by atoms with van der Waals surface area (Å²) in [5.41, 5.74) is 1.95. The molecule has 2 fully saturated rings. The van der Waals surface area contributed by atoms with E-state index in [9.17, 15) is 4.79 Å². The highest BCUT2D eigenvalue weighted by molar-refractivity contribution is 9.10. The van der Waals surface area contributed by atoms with Gasteiger partial charge >= 0.3 is 0 Å². The number of hydrogen-bond donors (Lipinski definition) is 0. The minimum absolute atomic E-state index is 0.350. The van der Waals surface area contributed by atoms with Crippen molar-refractivity contribution in [2.75, 3.05) is 31.2 Å². The monoisotopic (exact) mass is 282 g/mol. The molecular formula is C11H11BrN2O2. The first-order valence-electron chi connectivity index (χ1n) is 5.15. The van der Waals surface area contributed by atoms with Gasteiger partial charge in [-0.1, -0.05) is 0 Å². The van der Waals surface area contributed by atoms with Crippen LogP contribution in [0.1, 0.15) is 10.4 Å². The van der Waals surface area contributed by atoms with Crippen LogP contribution in [-0.4, -0.2) is 37.6 Å². The molecule has 1 aromatic heterocycles. The molecule has 3 heterocycles. The normalized spacial score (nSPS) is 21.4. The second-order valence-electron chi connectivity index (χ2n) is 4.52. The second kappa shape index (κ2) is 3.53. The molecular weight excluding hydrogens is 272 g/mol. The lowest BCUT2D eigenvalue weighted by atomic mass is 9.77. The Morgan fingerprint density at radius 2 is 2.19 bits per heavy atom. The molecule has 1 aromatic rings. The maximum absolute atomic E-state index is 11.0. The number of halogens is 1. The highest BCUT2D eigenvalue weighted by Gasteiger charge is 2.49. The zero-order chi connectivity index (χ0) is 11.2. The molecule has 0 N–H and O–H groups in total. The predicted molar refractivity (Wildman–Crippen MR) is 62.8 cm³/mol. The fraction of sp³-hybridized carbons (Fsp3) is 0.455. The number of nitrogens with zero attached hydrogens (tertiary/aromatic N) is 2. The van der Waals surface area contributed by atoms with E-state index in [0.717, 1.165) is 42.7 Å². The number of pyridine rings is 1. The fourth-order valence-electron chi connectivity index (χ4n) is 2.31. The van der Waals surface area contributed by atoms with E-state index < -0.39 is 0 Å². The van der Waals surface area contributed by atoms with Crippen molar-refractivity contribution in [1.29, 1.82) is 0 Å². The van der Waals surface area contributed by atoms with E-state index in [2.05, 4.69) is 25.8 Å². The Balaban J connectivity index is 1.85. The first-order chi connectivity index (χ1) is 7.74. The van der Waals surface area contributed by atoms with Crippen LogP contribution in [-0.2, 0) is 4.74 Å². The van der Waals surface area contributed by atoms with Gasteiger partial charge in [-0.05, 0) is 15.9 Å². The molecule has 16 heavy (non-hydrogen) atoms. The molecule has 3 rings (SSSR count). The Kier molecular flexibility index (Phi) is 2.26. The molecule has 0 amide bonds. The topological polar surface area (TPSA) is 42.4 Å². The van der Waals surface area contributed by atoms with Gasteiger partial charge in [-0.25, -0.2) is 0 Å². The standard InChI is InChI=1S/C11H11BrN2O2/c12-9-1-13-2-10(8(9)3-15)14-4-11(5-14)6-16-7-11/h1-3H,4-7H2. The van der Waals surface area contributed by atoms with E-state index in [-0.39, 0.29) is 0 Å². The predicted octanol–water partition coefficient (Wildman–Crippen LogP) is 1.49. The largest absolute Gasteiger partial charge is 0.380 e. The minimum Gasteiger partial charge on any atom is -0.380 e. The maximum Gasteiger partial charge on any atom is 0.153 e. The van der Waals surface area contributed by atoms with Crippen LogP contribution in [0.2, 0.25) is 0 Å². The maximum atomic E-state index is 11.0. The molecule has 2 aliphatic rings. The molecule has 0 saturated carbocycles. The average molecular weight is 283 g/mol. The Hall–Kier alpha value is -0.940. The van der Waals surface area contributed by atoms with E-state index in [0.29, 0.717) is 11.0 Å². The molecule has 0 unspecified atom stereocenters. The molecule has 4 nitrogen and oxygen atoms in total. The van der Waals surface area contributed by atoms with Crippen LogP contribution in [0.4, 0.5) is 5.69 Å². The van der Waals surface area contributed by atoms with Gasteiger partial charge in [0.15, 0.2) is 6.29 Å².